The van der Waals surface area contributed by atoms with Crippen molar-refractivity contribution >= 4 is 22.4 Å². The molecule has 100 valence electrons. The summed E-state index contributed by atoms with van der Waals surface area (Å²) in [7, 11) is 1.90. The van der Waals surface area contributed by atoms with E-state index in [0.717, 1.165) is 12.2 Å². The number of hydrogen-bond donors (Lipinski definition) is 1. The van der Waals surface area contributed by atoms with Gasteiger partial charge in [-0.3, -0.25) is 4.79 Å². The van der Waals surface area contributed by atoms with Crippen LogP contribution in [0.4, 0.5) is 5.13 Å². The van der Waals surface area contributed by atoms with Crippen molar-refractivity contribution < 1.29 is 4.79 Å². The number of nitrogens with zero attached hydrogens (tertiary/aromatic N) is 2. The number of nitrogens with two attached hydrogens (primary N) is 1. The van der Waals surface area contributed by atoms with E-state index in [-0.39, 0.29) is 5.91 Å². The fourth-order valence-electron chi connectivity index (χ4n) is 2.55. The Bertz CT molecular complexity index is 399. The molecule has 0 unspecified atom stereocenters. The molecule has 1 aromatic rings. The molecular weight excluding hydrogens is 246 g/mol. The molecule has 4 nitrogen and oxygen atoms in total. The number of likely N-dealkylation sites (N-methyl/N-ethyl adjacent to an activating group) is 1. The molecule has 1 aliphatic carbocycles. The number of rotatable bonds is 4. The van der Waals surface area contributed by atoms with Gasteiger partial charge < -0.3 is 10.6 Å². The summed E-state index contributed by atoms with van der Waals surface area (Å²) >= 11 is 1.39. The fraction of sp³-hybridized carbons (Fsp3) is 0.692. The summed E-state index contributed by atoms with van der Waals surface area (Å²) in [6.07, 6.45) is 6.89. The minimum atomic E-state index is 0.144. The molecule has 1 saturated carbocycles. The third-order valence-electron chi connectivity index (χ3n) is 3.58. The molecule has 1 aromatic heterocycles. The number of carbonyl (C=O) groups excluding carboxylic acids is 1. The van der Waals surface area contributed by atoms with E-state index in [2.05, 4.69) is 4.98 Å². The molecule has 1 fully saturated rings. The second-order valence-corrected chi connectivity index (χ2v) is 6.02. The zero-order valence-electron chi connectivity index (χ0n) is 10.9. The van der Waals surface area contributed by atoms with Gasteiger partial charge in [-0.15, -0.1) is 11.3 Å². The number of aromatic nitrogens is 1. The lowest BCUT2D eigenvalue weighted by Crippen LogP contribution is -2.33. The molecular formula is C13H21N3OS. The highest BCUT2D eigenvalue weighted by Crippen LogP contribution is 2.24. The number of carbonyl (C=O) groups is 1. The Kier molecular flexibility index (Phi) is 4.58. The van der Waals surface area contributed by atoms with Crippen molar-refractivity contribution in [2.75, 3.05) is 19.3 Å². The molecule has 0 aromatic carbocycles. The first kappa shape index (κ1) is 13.3. The summed E-state index contributed by atoms with van der Waals surface area (Å²) in [4.78, 5) is 18.0. The molecule has 0 radical (unpaired) electrons. The number of hydrogen-bond acceptors (Lipinski definition) is 4. The highest BCUT2D eigenvalue weighted by atomic mass is 32.1. The van der Waals surface area contributed by atoms with E-state index in [9.17, 15) is 4.79 Å². The lowest BCUT2D eigenvalue weighted by molar-refractivity contribution is -0.129. The lowest BCUT2D eigenvalue weighted by Gasteiger charge is -2.27. The molecule has 0 saturated heterocycles. The second-order valence-electron chi connectivity index (χ2n) is 5.13. The lowest BCUT2D eigenvalue weighted by atomic mass is 9.89. The summed E-state index contributed by atoms with van der Waals surface area (Å²) in [5, 5.41) is 2.40. The van der Waals surface area contributed by atoms with Crippen molar-refractivity contribution in [2.45, 2.75) is 38.5 Å². The molecule has 2 rings (SSSR count). The molecule has 0 bridgehead atoms. The predicted octanol–water partition coefficient (Wildman–Crippen LogP) is 2.31. The Morgan fingerprint density at radius 1 is 1.50 bits per heavy atom. The Morgan fingerprint density at radius 3 is 2.83 bits per heavy atom. The normalized spacial score (nSPS) is 16.7. The smallest absolute Gasteiger partial charge is 0.228 e. The zero-order valence-corrected chi connectivity index (χ0v) is 11.7. The highest BCUT2D eigenvalue weighted by molar-refractivity contribution is 7.13. The van der Waals surface area contributed by atoms with Gasteiger partial charge in [0.25, 0.3) is 0 Å². The van der Waals surface area contributed by atoms with Gasteiger partial charge in [0.15, 0.2) is 5.13 Å². The van der Waals surface area contributed by atoms with Crippen molar-refractivity contribution in [3.05, 3.63) is 11.1 Å². The summed E-state index contributed by atoms with van der Waals surface area (Å²) in [6.45, 7) is 0.887. The third-order valence-corrected chi connectivity index (χ3v) is 4.31. The molecule has 1 amide bonds. The van der Waals surface area contributed by atoms with Crippen LogP contribution in [0.15, 0.2) is 5.38 Å². The molecule has 0 atom stereocenters. The van der Waals surface area contributed by atoms with Crippen molar-refractivity contribution in [1.82, 2.24) is 9.88 Å². The minimum Gasteiger partial charge on any atom is -0.375 e. The summed E-state index contributed by atoms with van der Waals surface area (Å²) in [5.74, 6) is 0.832. The maximum atomic E-state index is 12.0. The van der Waals surface area contributed by atoms with Crippen LogP contribution >= 0.6 is 11.3 Å². The van der Waals surface area contributed by atoms with Crippen LogP contribution in [0.3, 0.4) is 0 Å². The summed E-state index contributed by atoms with van der Waals surface area (Å²) in [6, 6.07) is 0. The monoisotopic (exact) mass is 267 g/mol. The predicted molar refractivity (Wildman–Crippen MR) is 74.4 cm³/mol. The average Bonchev–Trinajstić information content (AvgIpc) is 2.76. The Labute approximate surface area is 112 Å². The largest absolute Gasteiger partial charge is 0.375 e. The van der Waals surface area contributed by atoms with Gasteiger partial charge in [0.2, 0.25) is 5.91 Å². The summed E-state index contributed by atoms with van der Waals surface area (Å²) < 4.78 is 0. The van der Waals surface area contributed by atoms with E-state index in [1.807, 2.05) is 17.3 Å². The van der Waals surface area contributed by atoms with Gasteiger partial charge in [0.05, 0.1) is 12.1 Å². The maximum absolute atomic E-state index is 12.0. The first-order valence-corrected chi connectivity index (χ1v) is 7.47. The highest BCUT2D eigenvalue weighted by Gasteiger charge is 2.18. The number of anilines is 1. The molecule has 0 aliphatic heterocycles. The van der Waals surface area contributed by atoms with Crippen molar-refractivity contribution in [1.29, 1.82) is 0 Å². The van der Waals surface area contributed by atoms with Gasteiger partial charge in [-0.2, -0.15) is 0 Å². The van der Waals surface area contributed by atoms with Crippen LogP contribution < -0.4 is 5.73 Å². The van der Waals surface area contributed by atoms with E-state index < -0.39 is 0 Å². The van der Waals surface area contributed by atoms with Gasteiger partial charge >= 0.3 is 0 Å². The molecule has 1 heterocycles. The van der Waals surface area contributed by atoms with Gasteiger partial charge in [0.1, 0.15) is 0 Å². The molecule has 1 aliphatic rings. The topological polar surface area (TPSA) is 59.2 Å². The van der Waals surface area contributed by atoms with Crippen LogP contribution in [0.1, 0.15) is 37.8 Å². The number of nitrogen functional groups attached to an aromatic ring is 1. The van der Waals surface area contributed by atoms with Crippen molar-refractivity contribution in [2.24, 2.45) is 5.92 Å². The van der Waals surface area contributed by atoms with E-state index in [1.165, 1.54) is 43.4 Å². The SMILES string of the molecule is CN(CC1CCCCC1)C(=O)Cc1csc(N)n1. The van der Waals surface area contributed by atoms with Crippen molar-refractivity contribution in [3.63, 3.8) is 0 Å². The molecule has 2 N–H and O–H groups in total. The number of amides is 1. The van der Waals surface area contributed by atoms with Crippen LogP contribution in [0.5, 0.6) is 0 Å². The Hall–Kier alpha value is -1.10. The Balaban J connectivity index is 1.80. The van der Waals surface area contributed by atoms with Crippen LogP contribution in [-0.2, 0) is 11.2 Å². The van der Waals surface area contributed by atoms with E-state index in [4.69, 9.17) is 5.73 Å². The first-order valence-electron chi connectivity index (χ1n) is 6.59. The standard InChI is InChI=1S/C13H21N3OS/c1-16(8-10-5-3-2-4-6-10)12(17)7-11-9-18-13(14)15-11/h9-10H,2-8H2,1H3,(H2,14,15). The molecule has 5 heteroatoms. The van der Waals surface area contributed by atoms with Gasteiger partial charge in [0, 0.05) is 19.0 Å². The Morgan fingerprint density at radius 2 is 2.22 bits per heavy atom. The molecule has 18 heavy (non-hydrogen) atoms. The van der Waals surface area contributed by atoms with E-state index in [1.54, 1.807) is 0 Å². The second kappa shape index (κ2) is 6.18. The average molecular weight is 267 g/mol. The summed E-state index contributed by atoms with van der Waals surface area (Å²) in [5.41, 5.74) is 6.35. The van der Waals surface area contributed by atoms with Crippen LogP contribution in [-0.4, -0.2) is 29.4 Å². The zero-order chi connectivity index (χ0) is 13.0. The minimum absolute atomic E-state index is 0.144. The fourth-order valence-corrected chi connectivity index (χ4v) is 3.12. The van der Waals surface area contributed by atoms with Gasteiger partial charge in [-0.05, 0) is 18.8 Å². The van der Waals surface area contributed by atoms with Crippen LogP contribution in [0, 0.1) is 5.92 Å². The van der Waals surface area contributed by atoms with Crippen molar-refractivity contribution in [3.8, 4) is 0 Å². The molecule has 0 spiro atoms. The van der Waals surface area contributed by atoms with E-state index in [0.29, 0.717) is 17.5 Å². The maximum Gasteiger partial charge on any atom is 0.228 e. The van der Waals surface area contributed by atoms with Crippen LogP contribution in [0.25, 0.3) is 0 Å². The van der Waals surface area contributed by atoms with Gasteiger partial charge in [-0.1, -0.05) is 19.3 Å². The van der Waals surface area contributed by atoms with Gasteiger partial charge in [-0.25, -0.2) is 4.98 Å². The quantitative estimate of drug-likeness (QED) is 0.910. The van der Waals surface area contributed by atoms with Crippen LogP contribution in [0.2, 0.25) is 0 Å². The third kappa shape index (κ3) is 3.70. The first-order chi connectivity index (χ1) is 8.65. The van der Waals surface area contributed by atoms with E-state index >= 15 is 0 Å². The number of thiazole rings is 1.